The number of nitrogens with one attached hydrogen (secondary N) is 1. The summed E-state index contributed by atoms with van der Waals surface area (Å²) in [5.41, 5.74) is 1.89. The first-order valence-electron chi connectivity index (χ1n) is 9.57. The zero-order valence-corrected chi connectivity index (χ0v) is 18.8. The minimum absolute atomic E-state index is 0.0000508. The van der Waals surface area contributed by atoms with Crippen molar-refractivity contribution < 1.29 is 22.0 Å². The van der Waals surface area contributed by atoms with E-state index in [9.17, 15) is 22.0 Å². The van der Waals surface area contributed by atoms with Crippen LogP contribution in [0.2, 0.25) is 0 Å². The summed E-state index contributed by atoms with van der Waals surface area (Å²) in [5, 5.41) is 2.79. The number of carbonyl (C=O) groups is 1. The molecule has 2 rings (SSSR count). The summed E-state index contributed by atoms with van der Waals surface area (Å²) in [5.74, 6) is -2.85. The van der Waals surface area contributed by atoms with Crippen LogP contribution in [0.25, 0.3) is 0 Å². The Bertz CT molecular complexity index is 1020. The molecule has 0 saturated heterocycles. The van der Waals surface area contributed by atoms with Gasteiger partial charge in [0.2, 0.25) is 15.9 Å². The molecule has 0 aliphatic carbocycles. The van der Waals surface area contributed by atoms with Crippen molar-refractivity contribution in [2.24, 2.45) is 0 Å². The van der Waals surface area contributed by atoms with Crippen molar-refractivity contribution >= 4 is 21.6 Å². The van der Waals surface area contributed by atoms with E-state index in [1.54, 1.807) is 6.92 Å². The van der Waals surface area contributed by atoms with Gasteiger partial charge in [0.15, 0.2) is 11.6 Å². The molecule has 0 saturated carbocycles. The quantitative estimate of drug-likeness (QED) is 0.732. The summed E-state index contributed by atoms with van der Waals surface area (Å²) >= 11 is 0. The molecule has 0 aliphatic rings. The third kappa shape index (κ3) is 5.56. The second kappa shape index (κ2) is 8.71. The van der Waals surface area contributed by atoms with E-state index in [-0.39, 0.29) is 17.1 Å². The maximum absolute atomic E-state index is 13.6. The van der Waals surface area contributed by atoms with E-state index in [0.29, 0.717) is 0 Å². The van der Waals surface area contributed by atoms with Gasteiger partial charge < -0.3 is 5.32 Å². The van der Waals surface area contributed by atoms with Crippen molar-refractivity contribution in [1.82, 2.24) is 5.32 Å². The summed E-state index contributed by atoms with van der Waals surface area (Å²) in [6.45, 7) is 9.50. The first kappa shape index (κ1) is 23.8. The van der Waals surface area contributed by atoms with Crippen LogP contribution in [-0.4, -0.2) is 26.6 Å². The molecule has 164 valence electrons. The number of sulfonamides is 1. The molecule has 2 atom stereocenters. The molecule has 0 aromatic heterocycles. The second-order valence-corrected chi connectivity index (χ2v) is 10.3. The molecule has 0 heterocycles. The molecule has 5 nitrogen and oxygen atoms in total. The molecule has 2 aromatic rings. The van der Waals surface area contributed by atoms with E-state index in [1.165, 1.54) is 6.92 Å². The Balaban J connectivity index is 2.23. The minimum atomic E-state index is -3.93. The van der Waals surface area contributed by atoms with Gasteiger partial charge in [0.05, 0.1) is 18.0 Å². The fraction of sp³-hybridized carbons (Fsp3) is 0.409. The second-order valence-electron chi connectivity index (χ2n) is 8.44. The third-order valence-corrected chi connectivity index (χ3v) is 6.12. The van der Waals surface area contributed by atoms with Crippen LogP contribution in [0.3, 0.4) is 0 Å². The smallest absolute Gasteiger partial charge is 0.244 e. The van der Waals surface area contributed by atoms with Crippen LogP contribution in [-0.2, 0) is 20.2 Å². The van der Waals surface area contributed by atoms with Gasteiger partial charge in [-0.15, -0.1) is 0 Å². The summed E-state index contributed by atoms with van der Waals surface area (Å²) < 4.78 is 52.3. The van der Waals surface area contributed by atoms with Gasteiger partial charge in [0.25, 0.3) is 0 Å². The lowest BCUT2D eigenvalue weighted by Crippen LogP contribution is -2.48. The van der Waals surface area contributed by atoms with Gasteiger partial charge >= 0.3 is 0 Å². The van der Waals surface area contributed by atoms with Gasteiger partial charge in [-0.1, -0.05) is 45.0 Å². The molecule has 2 aromatic carbocycles. The molecule has 30 heavy (non-hydrogen) atoms. The summed E-state index contributed by atoms with van der Waals surface area (Å²) in [7, 11) is -3.93. The fourth-order valence-corrected chi connectivity index (χ4v) is 4.29. The maximum Gasteiger partial charge on any atom is 0.244 e. The lowest BCUT2D eigenvalue weighted by Gasteiger charge is -2.29. The molecule has 0 fully saturated rings. The standard InChI is InChI=1S/C22H28F2N2O3S/c1-14(16-7-9-17(10-8-16)22(3,4)5)25-21(27)15(2)26(30(6,28)29)18-11-12-19(23)20(24)13-18/h7-15H,1-6H3,(H,25,27)/t14-,15-/m0/s1. The Morgan fingerprint density at radius 1 is 1.00 bits per heavy atom. The number of anilines is 1. The van der Waals surface area contributed by atoms with E-state index in [2.05, 4.69) is 26.1 Å². The Hall–Kier alpha value is -2.48. The third-order valence-electron chi connectivity index (χ3n) is 4.88. The average molecular weight is 439 g/mol. The lowest BCUT2D eigenvalue weighted by atomic mass is 9.86. The topological polar surface area (TPSA) is 66.5 Å². The van der Waals surface area contributed by atoms with Crippen molar-refractivity contribution in [3.63, 3.8) is 0 Å². The SMILES string of the molecule is C[C@H](NC(=O)[C@H](C)N(c1ccc(F)c(F)c1)S(C)(=O)=O)c1ccc(C(C)(C)C)cc1. The number of rotatable bonds is 6. The molecule has 1 N–H and O–H groups in total. The molecule has 1 amide bonds. The first-order valence-corrected chi connectivity index (χ1v) is 11.4. The van der Waals surface area contributed by atoms with Gasteiger partial charge in [-0.2, -0.15) is 0 Å². The van der Waals surface area contributed by atoms with Crippen LogP contribution < -0.4 is 9.62 Å². The Morgan fingerprint density at radius 3 is 2.03 bits per heavy atom. The van der Waals surface area contributed by atoms with E-state index >= 15 is 0 Å². The van der Waals surface area contributed by atoms with Crippen molar-refractivity contribution in [3.8, 4) is 0 Å². The van der Waals surface area contributed by atoms with E-state index in [4.69, 9.17) is 0 Å². The minimum Gasteiger partial charge on any atom is -0.348 e. The molecule has 0 aliphatic heterocycles. The highest BCUT2D eigenvalue weighted by atomic mass is 32.2. The molecule has 0 bridgehead atoms. The summed E-state index contributed by atoms with van der Waals surface area (Å²) in [4.78, 5) is 12.8. The van der Waals surface area contributed by atoms with Crippen LogP contribution in [0.1, 0.15) is 51.8 Å². The van der Waals surface area contributed by atoms with Crippen LogP contribution >= 0.6 is 0 Å². The molecule has 0 radical (unpaired) electrons. The van der Waals surface area contributed by atoms with Gasteiger partial charge in [-0.25, -0.2) is 17.2 Å². The van der Waals surface area contributed by atoms with Gasteiger partial charge in [-0.3, -0.25) is 9.10 Å². The fourth-order valence-electron chi connectivity index (χ4n) is 3.12. The number of halogens is 2. The molecular formula is C22H28F2N2O3S. The normalized spacial score (nSPS) is 14.1. The van der Waals surface area contributed by atoms with Gasteiger partial charge in [0.1, 0.15) is 6.04 Å². The van der Waals surface area contributed by atoms with E-state index in [1.807, 2.05) is 24.3 Å². The summed E-state index contributed by atoms with van der Waals surface area (Å²) in [6.07, 6.45) is 0.909. The average Bonchev–Trinajstić information content (AvgIpc) is 2.63. The Morgan fingerprint density at radius 2 is 1.57 bits per heavy atom. The number of benzene rings is 2. The van der Waals surface area contributed by atoms with E-state index < -0.39 is 33.6 Å². The van der Waals surface area contributed by atoms with E-state index in [0.717, 1.165) is 39.9 Å². The number of hydrogen-bond donors (Lipinski definition) is 1. The zero-order chi connectivity index (χ0) is 22.9. The zero-order valence-electron chi connectivity index (χ0n) is 18.0. The first-order chi connectivity index (χ1) is 13.7. The van der Waals surface area contributed by atoms with Crippen molar-refractivity contribution in [2.45, 2.75) is 52.1 Å². The van der Waals surface area contributed by atoms with Gasteiger partial charge in [0, 0.05) is 6.07 Å². The highest BCUT2D eigenvalue weighted by Gasteiger charge is 2.30. The number of nitrogens with zero attached hydrogens (tertiary/aromatic N) is 1. The Kier molecular flexibility index (Phi) is 6.91. The molecule has 0 unspecified atom stereocenters. The predicted molar refractivity (Wildman–Crippen MR) is 115 cm³/mol. The Labute approximate surface area is 177 Å². The molecule has 8 heteroatoms. The maximum atomic E-state index is 13.6. The highest BCUT2D eigenvalue weighted by molar-refractivity contribution is 7.92. The largest absolute Gasteiger partial charge is 0.348 e. The van der Waals surface area contributed by atoms with Crippen LogP contribution in [0, 0.1) is 11.6 Å². The van der Waals surface area contributed by atoms with Gasteiger partial charge in [-0.05, 0) is 42.5 Å². The monoisotopic (exact) mass is 438 g/mol. The number of hydrogen-bond acceptors (Lipinski definition) is 3. The lowest BCUT2D eigenvalue weighted by molar-refractivity contribution is -0.122. The van der Waals surface area contributed by atoms with Crippen LogP contribution in [0.15, 0.2) is 42.5 Å². The summed E-state index contributed by atoms with van der Waals surface area (Å²) in [6, 6.07) is 8.98. The van der Waals surface area contributed by atoms with Crippen LogP contribution in [0.5, 0.6) is 0 Å². The number of carbonyl (C=O) groups excluding carboxylic acids is 1. The molecular weight excluding hydrogens is 410 g/mol. The predicted octanol–water partition coefficient (Wildman–Crippen LogP) is 4.29. The van der Waals surface area contributed by atoms with Crippen LogP contribution in [0.4, 0.5) is 14.5 Å². The number of amides is 1. The van der Waals surface area contributed by atoms with Crippen molar-refractivity contribution in [2.75, 3.05) is 10.6 Å². The van der Waals surface area contributed by atoms with Crippen molar-refractivity contribution in [1.29, 1.82) is 0 Å². The highest BCUT2D eigenvalue weighted by Crippen LogP contribution is 2.25. The molecule has 0 spiro atoms. The van der Waals surface area contributed by atoms with Crippen molar-refractivity contribution in [3.05, 3.63) is 65.2 Å².